The van der Waals surface area contributed by atoms with E-state index in [0.717, 1.165) is 12.8 Å². The normalized spacial score (nSPS) is 57.7. The molecule has 26 heavy (non-hydrogen) atoms. The van der Waals surface area contributed by atoms with Crippen molar-refractivity contribution in [3.05, 3.63) is 0 Å². The minimum atomic E-state index is -0.328. The molecule has 7 fully saturated rings. The highest BCUT2D eigenvalue weighted by Gasteiger charge is 2.68. The Morgan fingerprint density at radius 3 is 1.27 bits per heavy atom. The molecule has 0 N–H and O–H groups in total. The van der Waals surface area contributed by atoms with Gasteiger partial charge in [-0.1, -0.05) is 27.7 Å². The van der Waals surface area contributed by atoms with E-state index in [2.05, 4.69) is 41.5 Å². The van der Waals surface area contributed by atoms with Crippen LogP contribution in [-0.4, -0.2) is 32.3 Å². The number of hydrogen-bond acceptors (Lipinski definition) is 4. The van der Waals surface area contributed by atoms with Gasteiger partial charge in [-0.05, 0) is 84.5 Å². The number of nitrogens with zero attached hydrogens (tertiary/aromatic N) is 2. The second-order valence-corrected chi connectivity index (χ2v) is 12.8. The van der Waals surface area contributed by atoms with Crippen LogP contribution in [0, 0.1) is 34.5 Å². The van der Waals surface area contributed by atoms with Gasteiger partial charge in [0.1, 0.15) is 0 Å². The van der Waals surface area contributed by atoms with E-state index in [-0.39, 0.29) is 21.8 Å². The Hall–Kier alpha value is 0.420. The van der Waals surface area contributed by atoms with E-state index in [1.54, 1.807) is 10.5 Å². The number of halogens is 2. The van der Waals surface area contributed by atoms with Gasteiger partial charge in [-0.15, -0.1) is 23.2 Å². The topological polar surface area (TPSA) is 24.9 Å². The van der Waals surface area contributed by atoms with Crippen LogP contribution >= 0.6 is 23.2 Å². The fourth-order valence-corrected chi connectivity index (χ4v) is 8.27. The Balaban J connectivity index is 1.26. The molecule has 0 radical (unpaired) electrons. The van der Waals surface area contributed by atoms with Gasteiger partial charge in [0, 0.05) is 0 Å². The molecule has 7 rings (SSSR count). The van der Waals surface area contributed by atoms with E-state index in [0.29, 0.717) is 34.5 Å². The van der Waals surface area contributed by atoms with Crippen LogP contribution in [0.25, 0.3) is 0 Å². The molecule has 4 bridgehead atoms. The van der Waals surface area contributed by atoms with Crippen molar-refractivity contribution in [3.8, 4) is 0 Å². The van der Waals surface area contributed by atoms with Crippen LogP contribution in [0.5, 0.6) is 0 Å². The summed E-state index contributed by atoms with van der Waals surface area (Å²) in [5, 5.41) is 3.31. The first kappa shape index (κ1) is 18.4. The minimum Gasteiger partial charge on any atom is -0.153 e. The summed E-state index contributed by atoms with van der Waals surface area (Å²) in [7, 11) is 0. The average molecular weight is 403 g/mol. The van der Waals surface area contributed by atoms with E-state index in [1.807, 2.05) is 0 Å². The molecular formula is C20H32Cl2N2O2. The zero-order valence-corrected chi connectivity index (χ0v) is 18.3. The molecule has 7 aliphatic rings. The Morgan fingerprint density at radius 1 is 0.654 bits per heavy atom. The number of alkyl halides is 2. The number of hydrogen-bond donors (Lipinski definition) is 0. The lowest BCUT2D eigenvalue weighted by Gasteiger charge is -2.68. The molecule has 4 nitrogen and oxygen atoms in total. The van der Waals surface area contributed by atoms with Crippen molar-refractivity contribution in [1.82, 2.24) is 10.5 Å². The quantitative estimate of drug-likeness (QED) is 0.595. The Labute approximate surface area is 167 Å². The molecule has 1 aliphatic heterocycles. The van der Waals surface area contributed by atoms with Crippen molar-refractivity contribution < 1.29 is 9.88 Å². The maximum atomic E-state index is 7.03. The Bertz CT molecular complexity index is 577. The van der Waals surface area contributed by atoms with Gasteiger partial charge < -0.3 is 0 Å². The summed E-state index contributed by atoms with van der Waals surface area (Å²) < 4.78 is 0. The van der Waals surface area contributed by atoms with Crippen molar-refractivity contribution in [2.75, 3.05) is 0 Å². The van der Waals surface area contributed by atoms with Crippen molar-refractivity contribution in [2.24, 2.45) is 34.5 Å². The standard InChI is InChI=1S/C20H32Cl2N2O2/c1-17(2)11-7-13(17)19(5,21)15(9-11)23-25-24(26-23)16-10-12-8-14(18(12,3)4)20(16,6)22/h11-16H,7-10H2,1-6H3/t11-,12-,13-,14-,15+,16+,19-,20-/m0/s1. The molecule has 0 unspecified atom stereocenters. The minimum absolute atomic E-state index is 0.0911. The zero-order valence-electron chi connectivity index (χ0n) is 16.8. The molecule has 6 saturated carbocycles. The largest absolute Gasteiger partial charge is 0.153 e. The summed E-state index contributed by atoms with van der Waals surface area (Å²) in [6, 6.07) is 0.182. The third-order valence-corrected chi connectivity index (χ3v) is 10.5. The second kappa shape index (κ2) is 5.12. The fourth-order valence-electron chi connectivity index (χ4n) is 7.19. The lowest BCUT2D eigenvalue weighted by atomic mass is 9.44. The maximum Gasteiger partial charge on any atom is 0.0863 e. The van der Waals surface area contributed by atoms with Crippen LogP contribution in [0.3, 0.4) is 0 Å². The predicted octanol–water partition coefficient (Wildman–Crippen LogP) is 5.16. The monoisotopic (exact) mass is 402 g/mol. The molecule has 6 heteroatoms. The number of hydroxylamine groups is 4. The summed E-state index contributed by atoms with van der Waals surface area (Å²) in [6.45, 7) is 13.7. The molecule has 0 aromatic heterocycles. The number of fused-ring (bicyclic) bond motifs is 4. The average Bonchev–Trinajstić information content (AvgIpc) is 2.46. The lowest BCUT2D eigenvalue weighted by molar-refractivity contribution is -0.732. The van der Waals surface area contributed by atoms with Crippen molar-refractivity contribution >= 4 is 23.2 Å². The van der Waals surface area contributed by atoms with Gasteiger partial charge in [0.25, 0.3) is 0 Å². The molecule has 0 aromatic carbocycles. The molecule has 0 aromatic rings. The van der Waals surface area contributed by atoms with Gasteiger partial charge in [-0.2, -0.15) is 9.88 Å². The maximum absolute atomic E-state index is 7.03. The summed E-state index contributed by atoms with van der Waals surface area (Å²) in [4.78, 5) is 11.4. The number of rotatable bonds is 2. The smallest absolute Gasteiger partial charge is 0.0863 e. The highest BCUT2D eigenvalue weighted by molar-refractivity contribution is 6.25. The molecular weight excluding hydrogens is 371 g/mol. The van der Waals surface area contributed by atoms with Gasteiger partial charge in [0.2, 0.25) is 0 Å². The zero-order chi connectivity index (χ0) is 18.9. The third kappa shape index (κ3) is 2.07. The van der Waals surface area contributed by atoms with Gasteiger partial charge in [0.05, 0.1) is 21.8 Å². The van der Waals surface area contributed by atoms with Crippen molar-refractivity contribution in [3.63, 3.8) is 0 Å². The van der Waals surface area contributed by atoms with Crippen LogP contribution in [0.1, 0.15) is 67.2 Å². The van der Waals surface area contributed by atoms with Crippen LogP contribution in [-0.2, 0) is 9.88 Å². The lowest BCUT2D eigenvalue weighted by Crippen LogP contribution is -2.75. The first-order valence-corrected chi connectivity index (χ1v) is 11.0. The highest BCUT2D eigenvalue weighted by Crippen LogP contribution is 2.67. The van der Waals surface area contributed by atoms with Crippen LogP contribution in [0.15, 0.2) is 0 Å². The van der Waals surface area contributed by atoms with Gasteiger partial charge in [-0.3, -0.25) is 0 Å². The second-order valence-electron chi connectivity index (χ2n) is 11.2. The van der Waals surface area contributed by atoms with E-state index in [4.69, 9.17) is 33.1 Å². The van der Waals surface area contributed by atoms with Crippen molar-refractivity contribution in [2.45, 2.75) is 89.1 Å². The van der Waals surface area contributed by atoms with Gasteiger partial charge in [-0.25, -0.2) is 0 Å². The van der Waals surface area contributed by atoms with E-state index in [9.17, 15) is 0 Å². The molecule has 0 spiro atoms. The van der Waals surface area contributed by atoms with E-state index in [1.165, 1.54) is 12.8 Å². The van der Waals surface area contributed by atoms with Gasteiger partial charge >= 0.3 is 0 Å². The van der Waals surface area contributed by atoms with Gasteiger partial charge in [0.15, 0.2) is 0 Å². The summed E-state index contributed by atoms with van der Waals surface area (Å²) in [6.07, 6.45) is 4.50. The van der Waals surface area contributed by atoms with Crippen LogP contribution in [0.2, 0.25) is 0 Å². The molecule has 6 aliphatic carbocycles. The summed E-state index contributed by atoms with van der Waals surface area (Å²) in [5.74, 6) is 2.41. The molecule has 8 atom stereocenters. The molecule has 1 saturated heterocycles. The first-order valence-electron chi connectivity index (χ1n) is 10.2. The summed E-state index contributed by atoms with van der Waals surface area (Å²) >= 11 is 14.1. The van der Waals surface area contributed by atoms with Crippen molar-refractivity contribution in [1.29, 1.82) is 0 Å². The molecule has 148 valence electrons. The highest BCUT2D eigenvalue weighted by atomic mass is 35.5. The van der Waals surface area contributed by atoms with Crippen LogP contribution in [0.4, 0.5) is 0 Å². The van der Waals surface area contributed by atoms with E-state index >= 15 is 0 Å². The Kier molecular flexibility index (Phi) is 3.63. The van der Waals surface area contributed by atoms with E-state index < -0.39 is 0 Å². The van der Waals surface area contributed by atoms with Crippen LogP contribution < -0.4 is 0 Å². The Morgan fingerprint density at radius 2 is 1.00 bits per heavy atom. The predicted molar refractivity (Wildman–Crippen MR) is 102 cm³/mol. The SMILES string of the molecule is CC1(C)[C@@H]2C[C@@H](N3ON([C@@H]4C[C@@H]5C[C@@H](C5(C)C)[C@]4(C)Cl)O3)[C@@](C)(Cl)[C@H]1C2. The molecule has 0 amide bonds. The summed E-state index contributed by atoms with van der Waals surface area (Å²) in [5.41, 5.74) is 0.644. The first-order chi connectivity index (χ1) is 11.9. The fraction of sp³-hybridized carbons (Fsp3) is 1.00. The third-order valence-electron chi connectivity index (χ3n) is 9.45. The molecule has 1 heterocycles.